The van der Waals surface area contributed by atoms with Gasteiger partial charge in [-0.15, -0.1) is 10.2 Å². The molecule has 0 unspecified atom stereocenters. The van der Waals surface area contributed by atoms with Crippen molar-refractivity contribution in [2.24, 2.45) is 0 Å². The van der Waals surface area contributed by atoms with Crippen molar-refractivity contribution in [3.8, 4) is 17.5 Å². The summed E-state index contributed by atoms with van der Waals surface area (Å²) in [6, 6.07) is 9.01. The van der Waals surface area contributed by atoms with E-state index in [1.54, 1.807) is 35.1 Å². The maximum Gasteiger partial charge on any atom is 0.247 e. The maximum atomic E-state index is 8.77. The van der Waals surface area contributed by atoms with Crippen molar-refractivity contribution < 1.29 is 4.42 Å². The standard InChI is InChI=1S/C14H10ClN5O/c1-9-12(15)7-17-20(9)8-13-18-19-14(21-13)11-4-2-10(6-16)3-5-11/h2-5,7H,8H2,1H3. The zero-order valence-corrected chi connectivity index (χ0v) is 11.9. The van der Waals surface area contributed by atoms with E-state index in [-0.39, 0.29) is 0 Å². The first-order valence-corrected chi connectivity index (χ1v) is 6.56. The van der Waals surface area contributed by atoms with Crippen LogP contribution in [0, 0.1) is 18.3 Å². The van der Waals surface area contributed by atoms with Crippen LogP contribution < -0.4 is 0 Å². The fraction of sp³-hybridized carbons (Fsp3) is 0.143. The Morgan fingerprint density at radius 2 is 2.05 bits per heavy atom. The topological polar surface area (TPSA) is 80.5 Å². The molecule has 0 aliphatic carbocycles. The second-order valence-corrected chi connectivity index (χ2v) is 4.83. The van der Waals surface area contributed by atoms with E-state index in [9.17, 15) is 0 Å². The van der Waals surface area contributed by atoms with Crippen LogP contribution >= 0.6 is 11.6 Å². The zero-order chi connectivity index (χ0) is 14.8. The fourth-order valence-electron chi connectivity index (χ4n) is 1.83. The molecule has 0 N–H and O–H groups in total. The summed E-state index contributed by atoms with van der Waals surface area (Å²) in [5.74, 6) is 0.850. The quantitative estimate of drug-likeness (QED) is 0.743. The molecule has 0 bridgehead atoms. The van der Waals surface area contributed by atoms with Crippen LogP contribution in [-0.2, 0) is 6.54 Å². The lowest BCUT2D eigenvalue weighted by molar-refractivity contribution is 0.470. The summed E-state index contributed by atoms with van der Waals surface area (Å²) in [5.41, 5.74) is 2.19. The SMILES string of the molecule is Cc1c(Cl)cnn1Cc1nnc(-c2ccc(C#N)cc2)o1. The van der Waals surface area contributed by atoms with Gasteiger partial charge in [0.25, 0.3) is 0 Å². The third kappa shape index (κ3) is 2.64. The Balaban J connectivity index is 1.83. The summed E-state index contributed by atoms with van der Waals surface area (Å²) in [6.07, 6.45) is 1.58. The number of benzene rings is 1. The molecule has 0 aliphatic heterocycles. The minimum Gasteiger partial charge on any atom is -0.419 e. The van der Waals surface area contributed by atoms with Gasteiger partial charge in [-0.1, -0.05) is 11.6 Å². The van der Waals surface area contributed by atoms with Crippen LogP contribution in [0.5, 0.6) is 0 Å². The predicted molar refractivity (Wildman–Crippen MR) is 75.5 cm³/mol. The predicted octanol–water partition coefficient (Wildman–Crippen LogP) is 2.81. The van der Waals surface area contributed by atoms with E-state index in [2.05, 4.69) is 21.4 Å². The monoisotopic (exact) mass is 299 g/mol. The molecule has 104 valence electrons. The number of hydrogen-bond acceptors (Lipinski definition) is 5. The minimum atomic E-state index is 0.363. The number of hydrogen-bond donors (Lipinski definition) is 0. The Labute approximate surface area is 125 Å². The normalized spacial score (nSPS) is 10.5. The molecule has 21 heavy (non-hydrogen) atoms. The lowest BCUT2D eigenvalue weighted by Gasteiger charge is -1.99. The maximum absolute atomic E-state index is 8.77. The van der Waals surface area contributed by atoms with E-state index in [0.717, 1.165) is 11.3 Å². The molecule has 2 heterocycles. The summed E-state index contributed by atoms with van der Waals surface area (Å²) in [5, 5.41) is 21.5. The van der Waals surface area contributed by atoms with E-state index in [1.807, 2.05) is 6.92 Å². The molecule has 1 aromatic carbocycles. The van der Waals surface area contributed by atoms with E-state index >= 15 is 0 Å². The third-order valence-corrected chi connectivity index (χ3v) is 3.43. The van der Waals surface area contributed by atoms with Crippen LogP contribution in [0.4, 0.5) is 0 Å². The van der Waals surface area contributed by atoms with Crippen LogP contribution in [0.25, 0.3) is 11.5 Å². The molecule has 0 atom stereocenters. The van der Waals surface area contributed by atoms with Crippen LogP contribution in [0.1, 0.15) is 17.1 Å². The molecule has 0 aliphatic rings. The molecule has 0 spiro atoms. The van der Waals surface area contributed by atoms with Gasteiger partial charge < -0.3 is 4.42 Å². The molecule has 7 heteroatoms. The van der Waals surface area contributed by atoms with Crippen LogP contribution in [0.3, 0.4) is 0 Å². The highest BCUT2D eigenvalue weighted by Gasteiger charge is 2.11. The van der Waals surface area contributed by atoms with Crippen molar-refractivity contribution in [2.75, 3.05) is 0 Å². The number of halogens is 1. The summed E-state index contributed by atoms with van der Waals surface area (Å²) >= 11 is 5.95. The van der Waals surface area contributed by atoms with E-state index in [0.29, 0.717) is 28.9 Å². The second kappa shape index (κ2) is 5.38. The van der Waals surface area contributed by atoms with Gasteiger partial charge >= 0.3 is 0 Å². The Hall–Kier alpha value is -2.65. The molecule has 2 aromatic heterocycles. The van der Waals surface area contributed by atoms with E-state index in [4.69, 9.17) is 21.3 Å². The summed E-state index contributed by atoms with van der Waals surface area (Å²) in [7, 11) is 0. The molecule has 0 fully saturated rings. The van der Waals surface area contributed by atoms with Crippen molar-refractivity contribution >= 4 is 11.6 Å². The Bertz CT molecular complexity index is 813. The van der Waals surface area contributed by atoms with Crippen LogP contribution in [0.2, 0.25) is 5.02 Å². The van der Waals surface area contributed by atoms with Crippen LogP contribution in [-0.4, -0.2) is 20.0 Å². The van der Waals surface area contributed by atoms with Crippen molar-refractivity contribution in [2.45, 2.75) is 13.5 Å². The number of nitriles is 1. The first-order chi connectivity index (χ1) is 10.2. The smallest absolute Gasteiger partial charge is 0.247 e. The van der Waals surface area contributed by atoms with Gasteiger partial charge in [0, 0.05) is 5.56 Å². The van der Waals surface area contributed by atoms with E-state index < -0.39 is 0 Å². The lowest BCUT2D eigenvalue weighted by atomic mass is 10.1. The minimum absolute atomic E-state index is 0.363. The Kier molecular flexibility index (Phi) is 3.42. The molecule has 6 nitrogen and oxygen atoms in total. The summed E-state index contributed by atoms with van der Waals surface area (Å²) in [6.45, 7) is 2.23. The van der Waals surface area contributed by atoms with Gasteiger partial charge in [0.2, 0.25) is 11.8 Å². The molecule has 0 amide bonds. The average Bonchev–Trinajstić information content (AvgIpc) is 3.10. The van der Waals surface area contributed by atoms with Crippen molar-refractivity contribution in [1.82, 2.24) is 20.0 Å². The van der Waals surface area contributed by atoms with Gasteiger partial charge in [-0.05, 0) is 31.2 Å². The van der Waals surface area contributed by atoms with Crippen LogP contribution in [0.15, 0.2) is 34.9 Å². The van der Waals surface area contributed by atoms with Gasteiger partial charge in [-0.2, -0.15) is 10.4 Å². The van der Waals surface area contributed by atoms with Gasteiger partial charge in [-0.25, -0.2) is 0 Å². The highest BCUT2D eigenvalue weighted by atomic mass is 35.5. The largest absolute Gasteiger partial charge is 0.419 e. The zero-order valence-electron chi connectivity index (χ0n) is 11.1. The highest BCUT2D eigenvalue weighted by molar-refractivity contribution is 6.31. The van der Waals surface area contributed by atoms with Gasteiger partial charge in [0.1, 0.15) is 6.54 Å². The van der Waals surface area contributed by atoms with Gasteiger partial charge in [0.05, 0.1) is 28.5 Å². The van der Waals surface area contributed by atoms with Crippen molar-refractivity contribution in [1.29, 1.82) is 5.26 Å². The number of aromatic nitrogens is 4. The first-order valence-electron chi connectivity index (χ1n) is 6.18. The van der Waals surface area contributed by atoms with Gasteiger partial charge in [0.15, 0.2) is 0 Å². The Morgan fingerprint density at radius 1 is 1.29 bits per heavy atom. The molecule has 0 radical (unpaired) electrons. The average molecular weight is 300 g/mol. The molecule has 3 aromatic rings. The first kappa shape index (κ1) is 13.3. The highest BCUT2D eigenvalue weighted by Crippen LogP contribution is 2.19. The Morgan fingerprint density at radius 3 is 2.67 bits per heavy atom. The molecule has 0 saturated heterocycles. The number of nitrogens with zero attached hydrogens (tertiary/aromatic N) is 5. The molecule has 3 rings (SSSR count). The van der Waals surface area contributed by atoms with Gasteiger partial charge in [-0.3, -0.25) is 4.68 Å². The van der Waals surface area contributed by atoms with Crippen molar-refractivity contribution in [3.63, 3.8) is 0 Å². The van der Waals surface area contributed by atoms with E-state index in [1.165, 1.54) is 0 Å². The lowest BCUT2D eigenvalue weighted by Crippen LogP contribution is -2.03. The number of rotatable bonds is 3. The van der Waals surface area contributed by atoms with Crippen molar-refractivity contribution in [3.05, 3.63) is 52.6 Å². The summed E-state index contributed by atoms with van der Waals surface area (Å²) in [4.78, 5) is 0. The molecular weight excluding hydrogens is 290 g/mol. The molecule has 0 saturated carbocycles. The summed E-state index contributed by atoms with van der Waals surface area (Å²) < 4.78 is 7.30. The second-order valence-electron chi connectivity index (χ2n) is 4.43. The fourth-order valence-corrected chi connectivity index (χ4v) is 1.97. The molecular formula is C14H10ClN5O. The third-order valence-electron chi connectivity index (χ3n) is 3.06.